The molecule has 11 nitrogen and oxygen atoms in total. The largest absolute Gasteiger partial charge is 0.490 e. The molecule has 1 aliphatic rings. The molecule has 1 unspecified atom stereocenters. The maximum absolute atomic E-state index is 12.1. The zero-order valence-electron chi connectivity index (χ0n) is 20.3. The van der Waals surface area contributed by atoms with E-state index in [-0.39, 0.29) is 23.1 Å². The molecule has 8 N–H and O–H groups in total. The number of nitrogens with two attached hydrogens (primary N) is 2. The standard InChI is InChI=1S/C18H26N4O3.2C2HF3O2/c19-15-13(10-21-11-14(15)18(24)25)8-4-5-9-22-17(23)16(20)12-6-2-1-3-7-12;2*3-2(4,5)1(6)7/h4,8,10-12,16H,1-3,5-7,9,20H2,(H2,19,21)(H,22,23)(H,24,25);2*(H,6,7)/b8-4+;;. The van der Waals surface area contributed by atoms with Crippen LogP contribution in [0.1, 0.15) is 54.4 Å². The van der Waals surface area contributed by atoms with Crippen LogP contribution in [0.2, 0.25) is 0 Å². The van der Waals surface area contributed by atoms with E-state index in [1.165, 1.54) is 18.8 Å². The minimum atomic E-state index is -5.08. The molecule has 220 valence electrons. The number of carbonyl (C=O) groups excluding carboxylic acids is 1. The van der Waals surface area contributed by atoms with Gasteiger partial charge in [-0.15, -0.1) is 0 Å². The number of aliphatic carboxylic acids is 2. The van der Waals surface area contributed by atoms with Crippen molar-refractivity contribution >= 4 is 35.6 Å². The number of aromatic carboxylic acids is 1. The number of aromatic nitrogens is 1. The van der Waals surface area contributed by atoms with E-state index in [0.29, 0.717) is 18.5 Å². The lowest BCUT2D eigenvalue weighted by Gasteiger charge is -2.26. The van der Waals surface area contributed by atoms with E-state index >= 15 is 0 Å². The normalized spacial score (nSPS) is 14.7. The maximum atomic E-state index is 12.1. The molecule has 1 saturated carbocycles. The molecule has 17 heteroatoms. The molecule has 1 atom stereocenters. The van der Waals surface area contributed by atoms with Crippen molar-refractivity contribution in [2.75, 3.05) is 12.3 Å². The van der Waals surface area contributed by atoms with Crippen LogP contribution in [0.3, 0.4) is 0 Å². The van der Waals surface area contributed by atoms with E-state index in [0.717, 1.165) is 25.7 Å². The van der Waals surface area contributed by atoms with E-state index in [4.69, 9.17) is 36.4 Å². The Morgan fingerprint density at radius 2 is 1.46 bits per heavy atom. The Morgan fingerprint density at radius 3 is 1.90 bits per heavy atom. The molecule has 1 aromatic heterocycles. The zero-order chi connectivity index (χ0) is 30.4. The Balaban J connectivity index is 0.000000848. The summed E-state index contributed by atoms with van der Waals surface area (Å²) in [6, 6.07) is -0.434. The van der Waals surface area contributed by atoms with Crippen molar-refractivity contribution in [1.82, 2.24) is 10.3 Å². The van der Waals surface area contributed by atoms with Crippen LogP contribution in [0.4, 0.5) is 32.0 Å². The van der Waals surface area contributed by atoms with Gasteiger partial charge in [-0.2, -0.15) is 26.3 Å². The number of pyridine rings is 1. The summed E-state index contributed by atoms with van der Waals surface area (Å²) in [4.78, 5) is 44.8. The first-order valence-corrected chi connectivity index (χ1v) is 11.2. The minimum absolute atomic E-state index is 0.0195. The van der Waals surface area contributed by atoms with Gasteiger partial charge in [-0.25, -0.2) is 14.4 Å². The van der Waals surface area contributed by atoms with Gasteiger partial charge >= 0.3 is 30.3 Å². The summed E-state index contributed by atoms with van der Waals surface area (Å²) >= 11 is 0. The van der Waals surface area contributed by atoms with Crippen LogP contribution < -0.4 is 16.8 Å². The highest BCUT2D eigenvalue weighted by molar-refractivity contribution is 5.95. The Morgan fingerprint density at radius 1 is 0.974 bits per heavy atom. The first-order chi connectivity index (χ1) is 17.9. The van der Waals surface area contributed by atoms with Crippen LogP contribution in [-0.2, 0) is 14.4 Å². The van der Waals surface area contributed by atoms with Crippen molar-refractivity contribution in [2.45, 2.75) is 56.9 Å². The third-order valence-electron chi connectivity index (χ3n) is 5.10. The molecule has 0 radical (unpaired) electrons. The predicted octanol–water partition coefficient (Wildman–Crippen LogP) is 3.06. The predicted molar refractivity (Wildman–Crippen MR) is 124 cm³/mol. The molecule has 0 spiro atoms. The average Bonchev–Trinajstić information content (AvgIpc) is 2.84. The van der Waals surface area contributed by atoms with Gasteiger partial charge in [0, 0.05) is 24.5 Å². The number of carboxylic acid groups (broad SMARTS) is 3. The molecule has 0 saturated heterocycles. The smallest absolute Gasteiger partial charge is 0.478 e. The molecule has 1 amide bonds. The van der Waals surface area contributed by atoms with Crippen LogP contribution in [-0.4, -0.2) is 69.1 Å². The second-order valence-corrected chi connectivity index (χ2v) is 8.01. The lowest BCUT2D eigenvalue weighted by atomic mass is 9.84. The van der Waals surface area contributed by atoms with Crippen LogP contribution >= 0.6 is 0 Å². The maximum Gasteiger partial charge on any atom is 0.490 e. The number of hydrogen-bond acceptors (Lipinski definition) is 7. The number of nitrogens with one attached hydrogen (secondary N) is 1. The van der Waals surface area contributed by atoms with Gasteiger partial charge in [-0.05, 0) is 25.2 Å². The van der Waals surface area contributed by atoms with Gasteiger partial charge in [-0.3, -0.25) is 9.78 Å². The zero-order valence-corrected chi connectivity index (χ0v) is 20.3. The van der Waals surface area contributed by atoms with Crippen LogP contribution in [0.5, 0.6) is 0 Å². The molecule has 1 aromatic rings. The number of halogens is 6. The fraction of sp³-hybridized carbons (Fsp3) is 0.500. The van der Waals surface area contributed by atoms with E-state index in [9.17, 15) is 35.9 Å². The van der Waals surface area contributed by atoms with Crippen LogP contribution in [0.25, 0.3) is 6.08 Å². The van der Waals surface area contributed by atoms with E-state index in [1.807, 2.05) is 6.08 Å². The highest BCUT2D eigenvalue weighted by atomic mass is 19.4. The first-order valence-electron chi connectivity index (χ1n) is 11.2. The Labute approximate surface area is 217 Å². The molecule has 2 rings (SSSR count). The number of amides is 1. The molecular weight excluding hydrogens is 546 g/mol. The monoisotopic (exact) mass is 574 g/mol. The van der Waals surface area contributed by atoms with Gasteiger partial charge < -0.3 is 32.1 Å². The Bertz CT molecular complexity index is 986. The molecule has 1 aliphatic carbocycles. The topological polar surface area (TPSA) is 206 Å². The summed E-state index contributed by atoms with van der Waals surface area (Å²) in [6.45, 7) is 0.474. The summed E-state index contributed by atoms with van der Waals surface area (Å²) in [5.41, 5.74) is 12.6. The summed E-state index contributed by atoms with van der Waals surface area (Å²) in [7, 11) is 0. The second kappa shape index (κ2) is 16.2. The third-order valence-corrected chi connectivity index (χ3v) is 5.10. The lowest BCUT2D eigenvalue weighted by Crippen LogP contribution is -2.46. The van der Waals surface area contributed by atoms with Crippen molar-refractivity contribution in [3.05, 3.63) is 29.6 Å². The SMILES string of the molecule is Nc1c(/C=C/CCNC(=O)C(N)C2CCCCC2)cncc1C(=O)O.O=C(O)C(F)(F)F.O=C(O)C(F)(F)F. The number of nitrogen functional groups attached to an aromatic ring is 1. The number of hydrogen-bond donors (Lipinski definition) is 6. The van der Waals surface area contributed by atoms with Crippen LogP contribution in [0, 0.1) is 5.92 Å². The van der Waals surface area contributed by atoms with Gasteiger partial charge in [0.15, 0.2) is 0 Å². The van der Waals surface area contributed by atoms with Crippen LogP contribution in [0.15, 0.2) is 18.5 Å². The highest BCUT2D eigenvalue weighted by Crippen LogP contribution is 2.25. The number of carboxylic acids is 3. The Kier molecular flexibility index (Phi) is 14.5. The molecule has 39 heavy (non-hydrogen) atoms. The van der Waals surface area contributed by atoms with Crippen molar-refractivity contribution in [2.24, 2.45) is 11.7 Å². The minimum Gasteiger partial charge on any atom is -0.478 e. The number of carbonyl (C=O) groups is 4. The quantitative estimate of drug-likeness (QED) is 0.207. The molecule has 1 heterocycles. The lowest BCUT2D eigenvalue weighted by molar-refractivity contribution is -0.193. The van der Waals surface area contributed by atoms with E-state index < -0.39 is 36.3 Å². The number of anilines is 1. The first kappa shape index (κ1) is 35.1. The number of alkyl halides is 6. The van der Waals surface area contributed by atoms with Gasteiger partial charge in [0.1, 0.15) is 5.56 Å². The molecular formula is C22H28F6N4O7. The van der Waals surface area contributed by atoms with Gasteiger partial charge in [0.05, 0.1) is 11.7 Å². The summed E-state index contributed by atoms with van der Waals surface area (Å²) in [6.07, 6.45) is 2.29. The van der Waals surface area contributed by atoms with E-state index in [1.54, 1.807) is 6.08 Å². The molecule has 0 aliphatic heterocycles. The fourth-order valence-electron chi connectivity index (χ4n) is 3.10. The van der Waals surface area contributed by atoms with Gasteiger partial charge in [0.2, 0.25) is 5.91 Å². The third kappa shape index (κ3) is 14.0. The summed E-state index contributed by atoms with van der Waals surface area (Å²) in [5, 5.41) is 26.1. The Hall–Kier alpha value is -3.89. The van der Waals surface area contributed by atoms with Crippen molar-refractivity contribution < 1.29 is 60.8 Å². The second-order valence-electron chi connectivity index (χ2n) is 8.01. The number of nitrogens with zero attached hydrogens (tertiary/aromatic N) is 1. The van der Waals surface area contributed by atoms with Crippen molar-refractivity contribution in [1.29, 1.82) is 0 Å². The van der Waals surface area contributed by atoms with Gasteiger partial charge in [-0.1, -0.05) is 31.4 Å². The van der Waals surface area contributed by atoms with Gasteiger partial charge in [0.25, 0.3) is 0 Å². The highest BCUT2D eigenvalue weighted by Gasteiger charge is 2.38. The van der Waals surface area contributed by atoms with Crippen molar-refractivity contribution in [3.63, 3.8) is 0 Å². The molecule has 1 fully saturated rings. The average molecular weight is 574 g/mol. The molecule has 0 aromatic carbocycles. The molecule has 0 bridgehead atoms. The van der Waals surface area contributed by atoms with E-state index in [2.05, 4.69) is 10.3 Å². The number of rotatable bonds is 7. The summed E-state index contributed by atoms with van der Waals surface area (Å²) in [5.74, 6) is -6.44. The fourth-order valence-corrected chi connectivity index (χ4v) is 3.10. The summed E-state index contributed by atoms with van der Waals surface area (Å²) < 4.78 is 63.5. The van der Waals surface area contributed by atoms with Crippen molar-refractivity contribution in [3.8, 4) is 0 Å².